The van der Waals surface area contributed by atoms with Crippen LogP contribution in [-0.4, -0.2) is 32.2 Å². The van der Waals surface area contributed by atoms with E-state index in [1.54, 1.807) is 18.2 Å². The summed E-state index contributed by atoms with van der Waals surface area (Å²) in [6.07, 6.45) is 0. The highest BCUT2D eigenvalue weighted by molar-refractivity contribution is 9.10. The van der Waals surface area contributed by atoms with Gasteiger partial charge in [-0.1, -0.05) is 33.6 Å². The number of nitrogens with zero attached hydrogens (tertiary/aromatic N) is 1. The van der Waals surface area contributed by atoms with Gasteiger partial charge in [0.05, 0.1) is 24.6 Å². The normalized spacial score (nSPS) is 14.6. The molecule has 1 heterocycles. The molecule has 0 spiro atoms. The number of carbonyl (C=O) groups is 1. The van der Waals surface area contributed by atoms with E-state index in [9.17, 15) is 4.79 Å². The van der Waals surface area contributed by atoms with Gasteiger partial charge >= 0.3 is 0 Å². The molecule has 0 atom stereocenters. The second-order valence-electron chi connectivity index (χ2n) is 5.23. The van der Waals surface area contributed by atoms with Crippen LogP contribution in [0.2, 0.25) is 5.02 Å². The molecule has 2 aromatic carbocycles. The molecule has 6 heteroatoms. The van der Waals surface area contributed by atoms with Gasteiger partial charge in [-0.25, -0.2) is 0 Å². The van der Waals surface area contributed by atoms with Crippen molar-refractivity contribution in [2.45, 2.75) is 0 Å². The molecule has 3 rings (SSSR count). The maximum absolute atomic E-state index is 12.5. The highest BCUT2D eigenvalue weighted by atomic mass is 79.9. The lowest BCUT2D eigenvalue weighted by molar-refractivity contribution is 0.102. The summed E-state index contributed by atoms with van der Waals surface area (Å²) in [5.41, 5.74) is 2.26. The predicted molar refractivity (Wildman–Crippen MR) is 96.6 cm³/mol. The van der Waals surface area contributed by atoms with Crippen molar-refractivity contribution in [1.82, 2.24) is 0 Å². The Morgan fingerprint density at radius 3 is 2.70 bits per heavy atom. The van der Waals surface area contributed by atoms with E-state index in [0.29, 0.717) is 29.5 Å². The lowest BCUT2D eigenvalue weighted by atomic mass is 10.2. The van der Waals surface area contributed by atoms with E-state index in [2.05, 4.69) is 26.1 Å². The molecule has 1 saturated heterocycles. The molecule has 1 amide bonds. The summed E-state index contributed by atoms with van der Waals surface area (Å²) in [7, 11) is 0. The molecule has 2 aromatic rings. The molecule has 0 saturated carbocycles. The maximum Gasteiger partial charge on any atom is 0.255 e. The third-order valence-electron chi connectivity index (χ3n) is 3.65. The Balaban J connectivity index is 1.86. The first-order chi connectivity index (χ1) is 11.1. The molecule has 1 N–H and O–H groups in total. The Morgan fingerprint density at radius 1 is 1.17 bits per heavy atom. The summed E-state index contributed by atoms with van der Waals surface area (Å²) < 4.78 is 6.25. The number of benzene rings is 2. The molecular weight excluding hydrogens is 380 g/mol. The van der Waals surface area contributed by atoms with Crippen molar-refractivity contribution in [2.75, 3.05) is 36.5 Å². The number of hydrogen-bond donors (Lipinski definition) is 1. The van der Waals surface area contributed by atoms with Crippen molar-refractivity contribution in [2.24, 2.45) is 0 Å². The fraction of sp³-hybridized carbons (Fsp3) is 0.235. The number of halogens is 2. The summed E-state index contributed by atoms with van der Waals surface area (Å²) in [5, 5.41) is 3.55. The van der Waals surface area contributed by atoms with Crippen LogP contribution in [0.5, 0.6) is 0 Å². The first-order valence-electron chi connectivity index (χ1n) is 7.32. The fourth-order valence-corrected chi connectivity index (χ4v) is 3.08. The van der Waals surface area contributed by atoms with E-state index in [4.69, 9.17) is 16.3 Å². The molecular formula is C17H16BrClN2O2. The fourth-order valence-electron chi connectivity index (χ4n) is 2.51. The maximum atomic E-state index is 12.5. The molecule has 0 radical (unpaired) electrons. The standard InChI is InChI=1S/C17H16BrClN2O2/c18-13-3-1-2-12(10-13)17(22)20-15-11-14(19)4-5-16(15)21-6-8-23-9-7-21/h1-5,10-11H,6-9H2,(H,20,22). The van der Waals surface area contributed by atoms with Crippen LogP contribution in [0.1, 0.15) is 10.4 Å². The minimum atomic E-state index is -0.164. The molecule has 1 fully saturated rings. The number of hydrogen-bond acceptors (Lipinski definition) is 3. The van der Waals surface area contributed by atoms with E-state index in [-0.39, 0.29) is 5.91 Å². The molecule has 0 aromatic heterocycles. The smallest absolute Gasteiger partial charge is 0.255 e. The summed E-state index contributed by atoms with van der Waals surface area (Å²) in [6.45, 7) is 2.95. The number of nitrogens with one attached hydrogen (secondary N) is 1. The second kappa shape index (κ2) is 7.34. The molecule has 1 aliphatic heterocycles. The molecule has 0 unspecified atom stereocenters. The van der Waals surface area contributed by atoms with Crippen LogP contribution in [0, 0.1) is 0 Å². The quantitative estimate of drug-likeness (QED) is 0.847. The lowest BCUT2D eigenvalue weighted by Crippen LogP contribution is -2.36. The minimum absolute atomic E-state index is 0.164. The van der Waals surface area contributed by atoms with Crippen LogP contribution in [0.15, 0.2) is 46.9 Å². The monoisotopic (exact) mass is 394 g/mol. The van der Waals surface area contributed by atoms with E-state index >= 15 is 0 Å². The van der Waals surface area contributed by atoms with Crippen LogP contribution in [0.4, 0.5) is 11.4 Å². The largest absolute Gasteiger partial charge is 0.378 e. The molecule has 120 valence electrons. The van der Waals surface area contributed by atoms with Gasteiger partial charge in [-0.05, 0) is 36.4 Å². The Morgan fingerprint density at radius 2 is 1.96 bits per heavy atom. The molecule has 1 aliphatic rings. The van der Waals surface area contributed by atoms with Crippen LogP contribution >= 0.6 is 27.5 Å². The number of anilines is 2. The third-order valence-corrected chi connectivity index (χ3v) is 4.37. The Kier molecular flexibility index (Phi) is 5.20. The van der Waals surface area contributed by atoms with Crippen molar-refractivity contribution < 1.29 is 9.53 Å². The molecule has 4 nitrogen and oxygen atoms in total. The summed E-state index contributed by atoms with van der Waals surface area (Å²) >= 11 is 9.49. The van der Waals surface area contributed by atoms with Crippen LogP contribution in [-0.2, 0) is 4.74 Å². The molecule has 23 heavy (non-hydrogen) atoms. The van der Waals surface area contributed by atoms with Gasteiger partial charge in [-0.15, -0.1) is 0 Å². The first kappa shape index (κ1) is 16.3. The Bertz CT molecular complexity index is 717. The highest BCUT2D eigenvalue weighted by Gasteiger charge is 2.17. The second-order valence-corrected chi connectivity index (χ2v) is 6.58. The number of rotatable bonds is 3. The predicted octanol–water partition coefficient (Wildman–Crippen LogP) is 4.19. The summed E-state index contributed by atoms with van der Waals surface area (Å²) in [5.74, 6) is -0.164. The Hall–Kier alpha value is -1.56. The minimum Gasteiger partial charge on any atom is -0.378 e. The Labute approximate surface area is 148 Å². The number of ether oxygens (including phenoxy) is 1. The average Bonchev–Trinajstić information content (AvgIpc) is 2.56. The zero-order valence-electron chi connectivity index (χ0n) is 12.4. The topological polar surface area (TPSA) is 41.6 Å². The molecule has 0 aliphatic carbocycles. The third kappa shape index (κ3) is 4.05. The van der Waals surface area contributed by atoms with Crippen molar-refractivity contribution in [1.29, 1.82) is 0 Å². The van der Waals surface area contributed by atoms with Crippen molar-refractivity contribution in [3.05, 3.63) is 57.5 Å². The van der Waals surface area contributed by atoms with Crippen LogP contribution < -0.4 is 10.2 Å². The number of carbonyl (C=O) groups excluding carboxylic acids is 1. The van der Waals surface area contributed by atoms with Gasteiger partial charge in [-0.2, -0.15) is 0 Å². The number of amides is 1. The van der Waals surface area contributed by atoms with Crippen molar-refractivity contribution in [3.63, 3.8) is 0 Å². The summed E-state index contributed by atoms with van der Waals surface area (Å²) in [6, 6.07) is 12.8. The zero-order chi connectivity index (χ0) is 16.2. The number of morpholine rings is 1. The van der Waals surface area contributed by atoms with Gasteiger partial charge in [-0.3, -0.25) is 4.79 Å². The SMILES string of the molecule is O=C(Nc1cc(Cl)ccc1N1CCOCC1)c1cccc(Br)c1. The van der Waals surface area contributed by atoms with E-state index in [0.717, 1.165) is 23.2 Å². The van der Waals surface area contributed by atoms with Crippen molar-refractivity contribution in [3.8, 4) is 0 Å². The van der Waals surface area contributed by atoms with Crippen molar-refractivity contribution >= 4 is 44.8 Å². The van der Waals surface area contributed by atoms with Gasteiger partial charge < -0.3 is 15.0 Å². The first-order valence-corrected chi connectivity index (χ1v) is 8.50. The van der Waals surface area contributed by atoms with Gasteiger partial charge in [0.15, 0.2) is 0 Å². The van der Waals surface area contributed by atoms with Gasteiger partial charge in [0.25, 0.3) is 5.91 Å². The van der Waals surface area contributed by atoms with E-state index in [1.165, 1.54) is 0 Å². The lowest BCUT2D eigenvalue weighted by Gasteiger charge is -2.30. The van der Waals surface area contributed by atoms with Crippen LogP contribution in [0.3, 0.4) is 0 Å². The van der Waals surface area contributed by atoms with Gasteiger partial charge in [0, 0.05) is 28.1 Å². The van der Waals surface area contributed by atoms with E-state index < -0.39 is 0 Å². The average molecular weight is 396 g/mol. The molecule has 0 bridgehead atoms. The summed E-state index contributed by atoms with van der Waals surface area (Å²) in [4.78, 5) is 14.7. The zero-order valence-corrected chi connectivity index (χ0v) is 14.7. The van der Waals surface area contributed by atoms with E-state index in [1.807, 2.05) is 24.3 Å². The highest BCUT2D eigenvalue weighted by Crippen LogP contribution is 2.30. The van der Waals surface area contributed by atoms with Gasteiger partial charge in [0.1, 0.15) is 0 Å². The van der Waals surface area contributed by atoms with Gasteiger partial charge in [0.2, 0.25) is 0 Å². The van der Waals surface area contributed by atoms with Crippen LogP contribution in [0.25, 0.3) is 0 Å².